The van der Waals surface area contributed by atoms with Crippen molar-refractivity contribution in [2.45, 2.75) is 6.54 Å². The lowest BCUT2D eigenvalue weighted by Gasteiger charge is -2.09. The van der Waals surface area contributed by atoms with Crippen molar-refractivity contribution in [1.82, 2.24) is 0 Å². The van der Waals surface area contributed by atoms with Crippen LogP contribution in [0.3, 0.4) is 0 Å². The molecule has 5 nitrogen and oxygen atoms in total. The quantitative estimate of drug-likeness (QED) is 0.404. The molecule has 1 amide bonds. The van der Waals surface area contributed by atoms with Crippen LogP contribution in [-0.2, 0) is 11.3 Å². The van der Waals surface area contributed by atoms with E-state index in [1.165, 1.54) is 18.2 Å². The SMILES string of the molecule is COc1cccc(NCc2ccc(F)c(/C=C/C(=O)Nc3ccccc3N)c2)c1. The van der Waals surface area contributed by atoms with E-state index in [0.717, 1.165) is 17.0 Å². The molecular formula is C23H22FN3O2. The van der Waals surface area contributed by atoms with Crippen molar-refractivity contribution in [2.24, 2.45) is 0 Å². The van der Waals surface area contributed by atoms with Gasteiger partial charge in [-0.05, 0) is 48.0 Å². The number of benzene rings is 3. The van der Waals surface area contributed by atoms with Gasteiger partial charge in [0.15, 0.2) is 0 Å². The molecule has 148 valence electrons. The Balaban J connectivity index is 1.66. The first-order valence-electron chi connectivity index (χ1n) is 9.05. The van der Waals surface area contributed by atoms with Gasteiger partial charge in [-0.25, -0.2) is 4.39 Å². The van der Waals surface area contributed by atoms with E-state index in [9.17, 15) is 9.18 Å². The summed E-state index contributed by atoms with van der Waals surface area (Å²) in [4.78, 5) is 12.1. The van der Waals surface area contributed by atoms with Crippen molar-refractivity contribution in [2.75, 3.05) is 23.5 Å². The summed E-state index contributed by atoms with van der Waals surface area (Å²) >= 11 is 0. The van der Waals surface area contributed by atoms with E-state index in [1.807, 2.05) is 24.3 Å². The fourth-order valence-electron chi connectivity index (χ4n) is 2.72. The number of ether oxygens (including phenoxy) is 1. The summed E-state index contributed by atoms with van der Waals surface area (Å²) in [5.41, 5.74) is 8.88. The predicted molar refractivity (Wildman–Crippen MR) is 115 cm³/mol. The van der Waals surface area contributed by atoms with Gasteiger partial charge >= 0.3 is 0 Å². The topological polar surface area (TPSA) is 76.4 Å². The molecule has 0 aliphatic carbocycles. The highest BCUT2D eigenvalue weighted by Crippen LogP contribution is 2.19. The van der Waals surface area contributed by atoms with Crippen molar-refractivity contribution < 1.29 is 13.9 Å². The molecule has 0 saturated heterocycles. The molecule has 0 aliphatic rings. The van der Waals surface area contributed by atoms with E-state index in [-0.39, 0.29) is 5.91 Å². The largest absolute Gasteiger partial charge is 0.497 e. The van der Waals surface area contributed by atoms with Gasteiger partial charge in [0.2, 0.25) is 5.91 Å². The number of rotatable bonds is 7. The molecule has 3 aromatic carbocycles. The lowest BCUT2D eigenvalue weighted by atomic mass is 10.1. The van der Waals surface area contributed by atoms with Gasteiger partial charge in [0.05, 0.1) is 18.5 Å². The van der Waals surface area contributed by atoms with Crippen LogP contribution >= 0.6 is 0 Å². The summed E-state index contributed by atoms with van der Waals surface area (Å²) in [6.45, 7) is 0.501. The van der Waals surface area contributed by atoms with E-state index >= 15 is 0 Å². The van der Waals surface area contributed by atoms with Crippen LogP contribution in [0.5, 0.6) is 5.75 Å². The Kier molecular flexibility index (Phi) is 6.47. The Morgan fingerprint density at radius 2 is 1.93 bits per heavy atom. The van der Waals surface area contributed by atoms with Gasteiger partial charge in [-0.15, -0.1) is 0 Å². The maximum absolute atomic E-state index is 14.1. The smallest absolute Gasteiger partial charge is 0.248 e. The summed E-state index contributed by atoms with van der Waals surface area (Å²) < 4.78 is 19.3. The van der Waals surface area contributed by atoms with Crippen LogP contribution in [0.1, 0.15) is 11.1 Å². The summed E-state index contributed by atoms with van der Waals surface area (Å²) in [7, 11) is 1.61. The number of carbonyl (C=O) groups excluding carboxylic acids is 1. The Labute approximate surface area is 169 Å². The van der Waals surface area contributed by atoms with E-state index in [2.05, 4.69) is 10.6 Å². The monoisotopic (exact) mass is 391 g/mol. The second-order valence-electron chi connectivity index (χ2n) is 6.35. The molecule has 0 saturated carbocycles. The van der Waals surface area contributed by atoms with Crippen LogP contribution in [0.25, 0.3) is 6.08 Å². The van der Waals surface area contributed by atoms with Gasteiger partial charge in [-0.2, -0.15) is 0 Å². The van der Waals surface area contributed by atoms with Crippen LogP contribution < -0.4 is 21.1 Å². The Morgan fingerprint density at radius 3 is 2.72 bits per heavy atom. The fourth-order valence-corrected chi connectivity index (χ4v) is 2.72. The highest BCUT2D eigenvalue weighted by atomic mass is 19.1. The zero-order valence-electron chi connectivity index (χ0n) is 16.0. The Hall–Kier alpha value is -3.80. The molecule has 0 heterocycles. The van der Waals surface area contributed by atoms with Gasteiger partial charge in [-0.1, -0.05) is 24.3 Å². The zero-order valence-corrected chi connectivity index (χ0v) is 16.0. The van der Waals surface area contributed by atoms with E-state index in [1.54, 1.807) is 43.5 Å². The van der Waals surface area contributed by atoms with Gasteiger partial charge in [0, 0.05) is 29.9 Å². The highest BCUT2D eigenvalue weighted by Gasteiger charge is 2.04. The number of anilines is 3. The lowest BCUT2D eigenvalue weighted by molar-refractivity contribution is -0.111. The van der Waals surface area contributed by atoms with E-state index in [4.69, 9.17) is 10.5 Å². The molecular weight excluding hydrogens is 369 g/mol. The molecule has 6 heteroatoms. The second kappa shape index (κ2) is 9.41. The first-order chi connectivity index (χ1) is 14.0. The first-order valence-corrected chi connectivity index (χ1v) is 9.05. The average molecular weight is 391 g/mol. The van der Waals surface area contributed by atoms with Crippen LogP contribution in [0, 0.1) is 5.82 Å². The third-order valence-corrected chi connectivity index (χ3v) is 4.26. The summed E-state index contributed by atoms with van der Waals surface area (Å²) in [6, 6.07) is 19.3. The summed E-state index contributed by atoms with van der Waals surface area (Å²) in [6.07, 6.45) is 2.73. The molecule has 0 bridgehead atoms. The van der Waals surface area contributed by atoms with Gasteiger partial charge in [0.25, 0.3) is 0 Å². The van der Waals surface area contributed by atoms with Crippen LogP contribution in [0.15, 0.2) is 72.8 Å². The number of halogens is 1. The number of amides is 1. The molecule has 4 N–H and O–H groups in total. The zero-order chi connectivity index (χ0) is 20.6. The molecule has 0 fully saturated rings. The van der Waals surface area contributed by atoms with Crippen molar-refractivity contribution in [3.8, 4) is 5.75 Å². The third-order valence-electron chi connectivity index (χ3n) is 4.26. The molecule has 0 unspecified atom stereocenters. The second-order valence-corrected chi connectivity index (χ2v) is 6.35. The number of carbonyl (C=O) groups is 1. The van der Waals surface area contributed by atoms with Gasteiger partial charge in [-0.3, -0.25) is 4.79 Å². The number of methoxy groups -OCH3 is 1. The number of hydrogen-bond acceptors (Lipinski definition) is 4. The average Bonchev–Trinajstić information content (AvgIpc) is 2.74. The normalized spacial score (nSPS) is 10.7. The number of nitrogens with two attached hydrogens (primary N) is 1. The number of para-hydroxylation sites is 2. The summed E-state index contributed by atoms with van der Waals surface area (Å²) in [5, 5.41) is 5.94. The number of hydrogen-bond donors (Lipinski definition) is 3. The summed E-state index contributed by atoms with van der Waals surface area (Å²) in [5.74, 6) is -0.0385. The minimum Gasteiger partial charge on any atom is -0.497 e. The van der Waals surface area contributed by atoms with Crippen LogP contribution in [0.4, 0.5) is 21.5 Å². The van der Waals surface area contributed by atoms with Crippen LogP contribution in [0.2, 0.25) is 0 Å². The maximum Gasteiger partial charge on any atom is 0.248 e. The van der Waals surface area contributed by atoms with Gasteiger partial charge < -0.3 is 21.1 Å². The molecule has 0 atom stereocenters. The molecule has 29 heavy (non-hydrogen) atoms. The predicted octanol–water partition coefficient (Wildman–Crippen LogP) is 4.68. The number of nitrogen functional groups attached to an aromatic ring is 1. The van der Waals surface area contributed by atoms with Crippen molar-refractivity contribution >= 4 is 29.0 Å². The molecule has 3 rings (SSSR count). The van der Waals surface area contributed by atoms with Crippen molar-refractivity contribution in [3.05, 3.63) is 89.8 Å². The van der Waals surface area contributed by atoms with E-state index < -0.39 is 5.82 Å². The molecule has 3 aromatic rings. The van der Waals surface area contributed by atoms with E-state index in [0.29, 0.717) is 23.5 Å². The number of nitrogens with one attached hydrogen (secondary N) is 2. The Morgan fingerprint density at radius 1 is 1.10 bits per heavy atom. The third kappa shape index (κ3) is 5.59. The lowest BCUT2D eigenvalue weighted by Crippen LogP contribution is -2.09. The maximum atomic E-state index is 14.1. The standard InChI is InChI=1S/C23H22FN3O2/c1-29-19-6-4-5-18(14-19)26-15-16-9-11-20(24)17(13-16)10-12-23(28)27-22-8-3-2-7-21(22)25/h2-14,26H,15,25H2,1H3,(H,27,28)/b12-10+. The molecule has 0 aromatic heterocycles. The molecule has 0 spiro atoms. The molecule has 0 aliphatic heterocycles. The minimum atomic E-state index is -0.404. The van der Waals surface area contributed by atoms with Crippen LogP contribution in [-0.4, -0.2) is 13.0 Å². The van der Waals surface area contributed by atoms with Crippen molar-refractivity contribution in [3.63, 3.8) is 0 Å². The molecule has 0 radical (unpaired) electrons. The van der Waals surface area contributed by atoms with Gasteiger partial charge in [0.1, 0.15) is 11.6 Å². The fraction of sp³-hybridized carbons (Fsp3) is 0.0870. The Bertz CT molecular complexity index is 1030. The van der Waals surface area contributed by atoms with Crippen molar-refractivity contribution in [1.29, 1.82) is 0 Å². The first kappa shape index (κ1) is 19.9. The highest BCUT2D eigenvalue weighted by molar-refractivity contribution is 6.03. The minimum absolute atomic E-state index is 0.325.